The van der Waals surface area contributed by atoms with E-state index >= 15 is 0 Å². The first kappa shape index (κ1) is 57.8. The average Bonchev–Trinajstić information content (AvgIpc) is 4.32. The minimum absolute atomic E-state index is 0.0760. The lowest BCUT2D eigenvalue weighted by Gasteiger charge is -2.22. The number of thioether (sulfide) groups is 2. The third-order valence-corrected chi connectivity index (χ3v) is 19.7. The molecule has 2 aromatic carbocycles. The monoisotopic (exact) mass is 1150 g/mol. The van der Waals surface area contributed by atoms with Gasteiger partial charge in [-0.25, -0.2) is 0 Å². The zero-order valence-electron chi connectivity index (χ0n) is 43.8. The summed E-state index contributed by atoms with van der Waals surface area (Å²) in [5, 5.41) is 0. The molecule has 76 heavy (non-hydrogen) atoms. The van der Waals surface area contributed by atoms with Gasteiger partial charge in [0, 0.05) is 97.5 Å². The van der Waals surface area contributed by atoms with Crippen molar-refractivity contribution in [3.63, 3.8) is 0 Å². The summed E-state index contributed by atoms with van der Waals surface area (Å²) < 4.78 is 69.6. The fourth-order valence-corrected chi connectivity index (χ4v) is 15.1. The predicted octanol–water partition coefficient (Wildman–Crippen LogP) is 14.0. The number of rotatable bonds is 30. The number of thiophene rings is 4. The minimum Gasteiger partial charge on any atom is -0.496 e. The Bertz CT molecular complexity index is 2400. The van der Waals surface area contributed by atoms with Crippen LogP contribution >= 0.6 is 68.9 Å². The molecular formula is C58H72O12S6. The molecule has 3 aliphatic rings. The van der Waals surface area contributed by atoms with Gasteiger partial charge >= 0.3 is 0 Å². The van der Waals surface area contributed by atoms with E-state index in [1.807, 2.05) is 46.2 Å². The van der Waals surface area contributed by atoms with E-state index in [4.69, 9.17) is 56.8 Å². The van der Waals surface area contributed by atoms with Gasteiger partial charge in [-0.15, -0.1) is 45.3 Å². The molecule has 4 aromatic heterocycles. The van der Waals surface area contributed by atoms with Gasteiger partial charge in [-0.1, -0.05) is 0 Å². The van der Waals surface area contributed by atoms with Gasteiger partial charge in [-0.05, 0) is 122 Å². The Balaban J connectivity index is 0.726. The van der Waals surface area contributed by atoms with E-state index in [1.54, 1.807) is 36.9 Å². The Morgan fingerprint density at radius 2 is 0.737 bits per heavy atom. The maximum absolute atomic E-state index is 6.16. The Kier molecular flexibility index (Phi) is 24.2. The maximum Gasteiger partial charge on any atom is 0.157 e. The molecule has 0 N–H and O–H groups in total. The summed E-state index contributed by atoms with van der Waals surface area (Å²) in [4.78, 5) is 9.91. The van der Waals surface area contributed by atoms with Crippen LogP contribution in [-0.2, 0) is 83.6 Å². The van der Waals surface area contributed by atoms with E-state index in [0.29, 0.717) is 92.5 Å². The topological polar surface area (TPSA) is 111 Å². The normalized spacial score (nSPS) is 17.1. The number of benzene rings is 2. The van der Waals surface area contributed by atoms with E-state index in [2.05, 4.69) is 72.8 Å². The number of hydrogen-bond acceptors (Lipinski definition) is 18. The molecule has 18 heteroatoms. The first-order valence-corrected chi connectivity index (χ1v) is 32.0. The molecule has 2 atom stereocenters. The van der Waals surface area contributed by atoms with Crippen LogP contribution in [0, 0.1) is 0 Å². The fourth-order valence-electron chi connectivity index (χ4n) is 9.10. The molecule has 0 saturated carbocycles. The molecule has 0 spiro atoms. The lowest BCUT2D eigenvalue weighted by molar-refractivity contribution is -0.169. The summed E-state index contributed by atoms with van der Waals surface area (Å²) in [6.45, 7) is 9.15. The molecular weight excluding hydrogens is 1080 g/mol. The van der Waals surface area contributed by atoms with Crippen molar-refractivity contribution in [2.45, 2.75) is 87.3 Å². The van der Waals surface area contributed by atoms with Gasteiger partial charge in [0.25, 0.3) is 0 Å². The van der Waals surface area contributed by atoms with Gasteiger partial charge in [0.2, 0.25) is 0 Å². The van der Waals surface area contributed by atoms with Crippen LogP contribution in [0.2, 0.25) is 0 Å². The molecule has 0 aliphatic carbocycles. The Morgan fingerprint density at radius 1 is 0.395 bits per heavy atom. The summed E-state index contributed by atoms with van der Waals surface area (Å²) in [5.74, 6) is 5.26. The van der Waals surface area contributed by atoms with Gasteiger partial charge in [-0.2, -0.15) is 23.5 Å². The van der Waals surface area contributed by atoms with Crippen LogP contribution in [0.5, 0.6) is 11.5 Å². The first-order valence-electron chi connectivity index (χ1n) is 26.5. The third kappa shape index (κ3) is 17.6. The highest BCUT2D eigenvalue weighted by Crippen LogP contribution is 2.45. The van der Waals surface area contributed by atoms with Crippen molar-refractivity contribution in [1.29, 1.82) is 0 Å². The van der Waals surface area contributed by atoms with E-state index in [0.717, 1.165) is 86.2 Å². The Labute approximate surface area is 473 Å². The van der Waals surface area contributed by atoms with Crippen LogP contribution in [0.3, 0.4) is 0 Å². The van der Waals surface area contributed by atoms with Crippen LogP contribution in [0.1, 0.15) is 70.5 Å². The zero-order chi connectivity index (χ0) is 52.0. The first-order chi connectivity index (χ1) is 37.6. The molecule has 7 heterocycles. The van der Waals surface area contributed by atoms with Gasteiger partial charge in [0.15, 0.2) is 12.6 Å². The minimum atomic E-state index is -0.0760. The van der Waals surface area contributed by atoms with Crippen molar-refractivity contribution >= 4 is 68.9 Å². The highest BCUT2D eigenvalue weighted by atomic mass is 32.2. The van der Waals surface area contributed by atoms with E-state index < -0.39 is 0 Å². The molecule has 0 amide bonds. The maximum atomic E-state index is 6.16. The highest BCUT2D eigenvalue weighted by Gasteiger charge is 2.21. The van der Waals surface area contributed by atoms with Gasteiger partial charge in [-0.3, -0.25) is 0 Å². The smallest absolute Gasteiger partial charge is 0.157 e. The van der Waals surface area contributed by atoms with Crippen molar-refractivity contribution in [3.05, 3.63) is 105 Å². The Hall–Kier alpha value is -2.86. The van der Waals surface area contributed by atoms with E-state index in [1.165, 1.54) is 72.4 Å². The van der Waals surface area contributed by atoms with Crippen molar-refractivity contribution in [1.82, 2.24) is 0 Å². The SMILES string of the molecule is COc1c2cc(-c3ccc(-c4ccc(COCCOCCOCCOC5CCCCO5)s4)s3)cc1CSCc1cc(-c3ccc(-c4ccc(COCCOCCOCCOC5CCCCO5)s4)s3)cc(c1OC)CSC2. The molecule has 9 rings (SSSR count). The highest BCUT2D eigenvalue weighted by molar-refractivity contribution is 7.98. The molecule has 412 valence electrons. The third-order valence-electron chi connectivity index (χ3n) is 12.8. The number of fused-ring (bicyclic) bond motifs is 4. The summed E-state index contributed by atoms with van der Waals surface area (Å²) in [6, 6.07) is 27.1. The van der Waals surface area contributed by atoms with Crippen molar-refractivity contribution in [2.24, 2.45) is 0 Å². The summed E-state index contributed by atoms with van der Waals surface area (Å²) in [5.41, 5.74) is 7.33. The second kappa shape index (κ2) is 31.8. The molecule has 12 nitrogen and oxygen atoms in total. The lowest BCUT2D eigenvalue weighted by atomic mass is 10.0. The van der Waals surface area contributed by atoms with Crippen molar-refractivity contribution in [3.8, 4) is 51.9 Å². The van der Waals surface area contributed by atoms with Crippen molar-refractivity contribution < 1.29 is 56.8 Å². The molecule has 3 aliphatic heterocycles. The van der Waals surface area contributed by atoms with Crippen LogP contribution in [0.25, 0.3) is 40.4 Å². The predicted molar refractivity (Wildman–Crippen MR) is 311 cm³/mol. The molecule has 2 fully saturated rings. The van der Waals surface area contributed by atoms with Gasteiger partial charge in [0.1, 0.15) is 11.5 Å². The van der Waals surface area contributed by atoms with Gasteiger partial charge < -0.3 is 56.8 Å². The zero-order valence-corrected chi connectivity index (χ0v) is 48.7. The second-order valence-electron chi connectivity index (χ2n) is 18.4. The second-order valence-corrected chi connectivity index (χ2v) is 24.9. The largest absolute Gasteiger partial charge is 0.496 e. The lowest BCUT2D eigenvalue weighted by Crippen LogP contribution is -2.24. The fraction of sp³-hybridized carbons (Fsp3) is 0.517. The van der Waals surface area contributed by atoms with Crippen LogP contribution in [0.4, 0.5) is 0 Å². The van der Waals surface area contributed by atoms with Crippen LogP contribution in [0.15, 0.2) is 72.8 Å². The molecule has 4 bridgehead atoms. The number of ether oxygens (including phenoxy) is 12. The number of hydrogen-bond donors (Lipinski definition) is 0. The van der Waals surface area contributed by atoms with Crippen molar-refractivity contribution in [2.75, 3.05) is 107 Å². The summed E-state index contributed by atoms with van der Waals surface area (Å²) >= 11 is 11.1. The molecule has 2 unspecified atom stereocenters. The van der Waals surface area contributed by atoms with E-state index in [-0.39, 0.29) is 12.6 Å². The van der Waals surface area contributed by atoms with Crippen LogP contribution < -0.4 is 9.47 Å². The Morgan fingerprint density at radius 3 is 1.11 bits per heavy atom. The average molecular weight is 1150 g/mol. The standard InChI is InChI=1S/C58H72O12S6/c1-59-57-43-31-41(49-13-15-53(75-49)51-11-9-47(73-51)35-65-25-23-61-19-21-63-27-29-69-55-7-3-5-17-67-55)32-44(57)38-72-40-46-34-42(33-45(39-71-37-43)58(46)60-2)50-14-16-54(76-50)52-12-10-48(74-52)36-66-26-24-62-20-22-64-28-30-70-56-8-4-6-18-68-56/h9-16,31-34,55-56H,3-8,17-30,35-40H2,1-2H3. The van der Waals surface area contributed by atoms with Gasteiger partial charge in [0.05, 0.1) is 107 Å². The molecule has 0 radical (unpaired) electrons. The molecule has 2 saturated heterocycles. The summed E-state index contributed by atoms with van der Waals surface area (Å²) in [7, 11) is 3.61. The molecule has 6 aromatic rings. The quantitative estimate of drug-likeness (QED) is 0.0399. The summed E-state index contributed by atoms with van der Waals surface area (Å²) in [6.07, 6.45) is 6.35. The van der Waals surface area contributed by atoms with E-state index in [9.17, 15) is 0 Å². The van der Waals surface area contributed by atoms with Crippen LogP contribution in [-0.4, -0.2) is 119 Å². The number of methoxy groups -OCH3 is 2.